The molecule has 0 bridgehead atoms. The molecule has 2 aromatic carbocycles. The van der Waals surface area contributed by atoms with Gasteiger partial charge in [0.15, 0.2) is 11.5 Å². The second-order valence-corrected chi connectivity index (χ2v) is 5.79. The van der Waals surface area contributed by atoms with Gasteiger partial charge in [-0.3, -0.25) is 15.5 Å². The number of nitro benzene ring substituents is 1. The molecule has 0 fully saturated rings. The number of hydrazone groups is 1. The summed E-state index contributed by atoms with van der Waals surface area (Å²) in [4.78, 5) is 10.3. The average molecular weight is 343 g/mol. The van der Waals surface area contributed by atoms with Crippen LogP contribution in [0.4, 0.5) is 11.4 Å². The van der Waals surface area contributed by atoms with Crippen molar-refractivity contribution >= 4 is 17.6 Å². The van der Waals surface area contributed by atoms with Crippen molar-refractivity contribution in [2.75, 3.05) is 19.1 Å². The van der Waals surface area contributed by atoms with Gasteiger partial charge in [0.2, 0.25) is 0 Å². The van der Waals surface area contributed by atoms with Gasteiger partial charge in [-0.1, -0.05) is 19.9 Å². The summed E-state index contributed by atoms with van der Waals surface area (Å²) in [5, 5.41) is 14.9. The number of anilines is 1. The van der Waals surface area contributed by atoms with Crippen molar-refractivity contribution in [3.8, 4) is 11.5 Å². The predicted octanol–water partition coefficient (Wildman–Crippen LogP) is 4.08. The van der Waals surface area contributed by atoms with Crippen LogP contribution >= 0.6 is 0 Å². The fourth-order valence-electron chi connectivity index (χ4n) is 2.01. The smallest absolute Gasteiger partial charge is 0.271 e. The summed E-state index contributed by atoms with van der Waals surface area (Å²) in [6.45, 7) is 4.76. The van der Waals surface area contributed by atoms with Gasteiger partial charge in [0.05, 0.1) is 30.5 Å². The van der Waals surface area contributed by atoms with Crippen LogP contribution in [0.15, 0.2) is 47.6 Å². The fourth-order valence-corrected chi connectivity index (χ4v) is 2.01. The van der Waals surface area contributed by atoms with E-state index in [0.717, 1.165) is 5.56 Å². The first-order chi connectivity index (χ1) is 12.0. The normalized spacial score (nSPS) is 10.9. The molecule has 1 N–H and O–H groups in total. The molecule has 2 aromatic rings. The van der Waals surface area contributed by atoms with E-state index in [-0.39, 0.29) is 5.69 Å². The minimum absolute atomic E-state index is 0.00789. The maximum absolute atomic E-state index is 10.8. The molecule has 0 aromatic heterocycles. The standard InChI is InChI=1S/C18H21N3O4/c1-13(2)12-25-17-8-7-14(9-18(17)24-3)11-19-20-15-5-4-6-16(10-15)21(22)23/h4-11,13,20H,12H2,1-3H3. The molecule has 7 nitrogen and oxygen atoms in total. The van der Waals surface area contributed by atoms with Crippen LogP contribution in [0, 0.1) is 16.0 Å². The second kappa shape index (κ2) is 8.68. The zero-order valence-corrected chi connectivity index (χ0v) is 14.4. The average Bonchev–Trinajstić information content (AvgIpc) is 2.60. The topological polar surface area (TPSA) is 86.0 Å². The third kappa shape index (κ3) is 5.49. The van der Waals surface area contributed by atoms with Gasteiger partial charge in [0, 0.05) is 12.1 Å². The largest absolute Gasteiger partial charge is 0.493 e. The zero-order chi connectivity index (χ0) is 18.2. The van der Waals surface area contributed by atoms with Gasteiger partial charge in [0.1, 0.15) is 0 Å². The van der Waals surface area contributed by atoms with Gasteiger partial charge in [-0.15, -0.1) is 0 Å². The van der Waals surface area contributed by atoms with E-state index in [1.807, 2.05) is 18.2 Å². The van der Waals surface area contributed by atoms with Gasteiger partial charge in [-0.05, 0) is 35.7 Å². The Morgan fingerprint density at radius 3 is 2.72 bits per heavy atom. The molecule has 0 saturated heterocycles. The number of non-ortho nitro benzene ring substituents is 1. The molecular formula is C18H21N3O4. The van der Waals surface area contributed by atoms with Crippen LogP contribution in [0.1, 0.15) is 19.4 Å². The van der Waals surface area contributed by atoms with Crippen LogP contribution in [-0.2, 0) is 0 Å². The number of nitrogens with one attached hydrogen (secondary N) is 1. The number of hydrogen-bond donors (Lipinski definition) is 1. The van der Waals surface area contributed by atoms with Crippen molar-refractivity contribution in [1.29, 1.82) is 0 Å². The Bertz CT molecular complexity index is 760. The Kier molecular flexibility index (Phi) is 6.33. The molecular weight excluding hydrogens is 322 g/mol. The van der Waals surface area contributed by atoms with Crippen LogP contribution in [0.2, 0.25) is 0 Å². The van der Waals surface area contributed by atoms with Crippen LogP contribution in [0.25, 0.3) is 0 Å². The fraction of sp³-hybridized carbons (Fsp3) is 0.278. The molecule has 0 amide bonds. The summed E-state index contributed by atoms with van der Waals surface area (Å²) in [5.74, 6) is 1.73. The Labute approximate surface area is 146 Å². The molecule has 0 aliphatic carbocycles. The Morgan fingerprint density at radius 1 is 1.24 bits per heavy atom. The Hall–Kier alpha value is -3.09. The monoisotopic (exact) mass is 343 g/mol. The number of nitro groups is 1. The first-order valence-electron chi connectivity index (χ1n) is 7.84. The highest BCUT2D eigenvalue weighted by Crippen LogP contribution is 2.28. The van der Waals surface area contributed by atoms with Crippen molar-refractivity contribution in [2.45, 2.75) is 13.8 Å². The van der Waals surface area contributed by atoms with Crippen molar-refractivity contribution in [1.82, 2.24) is 0 Å². The number of benzene rings is 2. The minimum Gasteiger partial charge on any atom is -0.493 e. The molecule has 0 heterocycles. The zero-order valence-electron chi connectivity index (χ0n) is 14.4. The van der Waals surface area contributed by atoms with E-state index in [4.69, 9.17) is 9.47 Å². The highest BCUT2D eigenvalue weighted by atomic mass is 16.6. The molecule has 0 saturated carbocycles. The molecule has 7 heteroatoms. The lowest BCUT2D eigenvalue weighted by atomic mass is 10.2. The van der Waals surface area contributed by atoms with Crippen LogP contribution in [0.5, 0.6) is 11.5 Å². The third-order valence-corrected chi connectivity index (χ3v) is 3.22. The number of rotatable bonds is 8. The highest BCUT2D eigenvalue weighted by molar-refractivity contribution is 5.81. The molecule has 2 rings (SSSR count). The maximum atomic E-state index is 10.8. The minimum atomic E-state index is -0.449. The first kappa shape index (κ1) is 18.3. The Morgan fingerprint density at radius 2 is 2.04 bits per heavy atom. The summed E-state index contributed by atoms with van der Waals surface area (Å²) in [5.41, 5.74) is 4.13. The molecule has 0 unspecified atom stereocenters. The van der Waals surface area contributed by atoms with Gasteiger partial charge in [0.25, 0.3) is 5.69 Å². The second-order valence-electron chi connectivity index (χ2n) is 5.79. The van der Waals surface area contributed by atoms with E-state index in [2.05, 4.69) is 24.4 Å². The quantitative estimate of drug-likeness (QED) is 0.443. The van der Waals surface area contributed by atoms with Gasteiger partial charge in [-0.25, -0.2) is 0 Å². The molecule has 25 heavy (non-hydrogen) atoms. The van der Waals surface area contributed by atoms with E-state index >= 15 is 0 Å². The molecule has 0 radical (unpaired) electrons. The lowest BCUT2D eigenvalue weighted by Gasteiger charge is -2.12. The molecule has 0 spiro atoms. The van der Waals surface area contributed by atoms with Gasteiger partial charge >= 0.3 is 0 Å². The number of hydrogen-bond acceptors (Lipinski definition) is 6. The van der Waals surface area contributed by atoms with E-state index in [1.165, 1.54) is 12.1 Å². The summed E-state index contributed by atoms with van der Waals surface area (Å²) in [7, 11) is 1.58. The van der Waals surface area contributed by atoms with Crippen molar-refractivity contribution < 1.29 is 14.4 Å². The molecule has 0 aliphatic rings. The van der Waals surface area contributed by atoms with Crippen LogP contribution in [-0.4, -0.2) is 24.9 Å². The maximum Gasteiger partial charge on any atom is 0.271 e. The first-order valence-corrected chi connectivity index (χ1v) is 7.84. The van der Waals surface area contributed by atoms with Crippen LogP contribution in [0.3, 0.4) is 0 Å². The summed E-state index contributed by atoms with van der Waals surface area (Å²) >= 11 is 0. The highest BCUT2D eigenvalue weighted by Gasteiger charge is 2.07. The lowest BCUT2D eigenvalue weighted by molar-refractivity contribution is -0.384. The van der Waals surface area contributed by atoms with E-state index in [1.54, 1.807) is 25.5 Å². The lowest BCUT2D eigenvalue weighted by Crippen LogP contribution is -2.05. The van der Waals surface area contributed by atoms with Crippen molar-refractivity contribution in [3.63, 3.8) is 0 Å². The molecule has 0 aliphatic heterocycles. The van der Waals surface area contributed by atoms with E-state index in [0.29, 0.717) is 29.7 Å². The van der Waals surface area contributed by atoms with E-state index < -0.39 is 4.92 Å². The number of nitrogens with zero attached hydrogens (tertiary/aromatic N) is 2. The Balaban J connectivity index is 2.05. The summed E-state index contributed by atoms with van der Waals surface area (Å²) in [6, 6.07) is 11.6. The number of ether oxygens (including phenoxy) is 2. The van der Waals surface area contributed by atoms with Gasteiger partial charge < -0.3 is 9.47 Å². The van der Waals surface area contributed by atoms with Gasteiger partial charge in [-0.2, -0.15) is 5.10 Å². The molecule has 0 atom stereocenters. The predicted molar refractivity (Wildman–Crippen MR) is 97.6 cm³/mol. The third-order valence-electron chi connectivity index (χ3n) is 3.22. The number of methoxy groups -OCH3 is 1. The van der Waals surface area contributed by atoms with E-state index in [9.17, 15) is 10.1 Å². The summed E-state index contributed by atoms with van der Waals surface area (Å²) in [6.07, 6.45) is 1.60. The van der Waals surface area contributed by atoms with Crippen LogP contribution < -0.4 is 14.9 Å². The SMILES string of the molecule is COc1cc(C=NNc2cccc([N+](=O)[O-])c2)ccc1OCC(C)C. The van der Waals surface area contributed by atoms with Crippen molar-refractivity contribution in [2.24, 2.45) is 11.0 Å². The summed E-state index contributed by atoms with van der Waals surface area (Å²) < 4.78 is 11.0. The van der Waals surface area contributed by atoms with Crippen molar-refractivity contribution in [3.05, 3.63) is 58.1 Å². The molecule has 132 valence electrons.